The van der Waals surface area contributed by atoms with Gasteiger partial charge in [-0.1, -0.05) is 18.2 Å². The molecule has 0 spiro atoms. The molecule has 0 radical (unpaired) electrons. The van der Waals surface area contributed by atoms with Gasteiger partial charge in [0, 0.05) is 18.4 Å². The number of para-hydroxylation sites is 2. The summed E-state index contributed by atoms with van der Waals surface area (Å²) in [6.45, 7) is 6.32. The van der Waals surface area contributed by atoms with Crippen molar-refractivity contribution in [1.82, 2.24) is 20.1 Å². The van der Waals surface area contributed by atoms with E-state index in [1.54, 1.807) is 12.3 Å². The fraction of sp³-hybridized carbons (Fsp3) is 0.318. The average molecular weight is 392 g/mol. The van der Waals surface area contributed by atoms with Crippen molar-refractivity contribution in [1.29, 1.82) is 0 Å². The Balaban J connectivity index is 1.40. The van der Waals surface area contributed by atoms with Crippen molar-refractivity contribution in [3.8, 4) is 17.3 Å². The van der Waals surface area contributed by atoms with Gasteiger partial charge in [-0.15, -0.1) is 0 Å². The lowest BCUT2D eigenvalue weighted by molar-refractivity contribution is -0.133. The van der Waals surface area contributed by atoms with E-state index in [-0.39, 0.29) is 12.0 Å². The van der Waals surface area contributed by atoms with E-state index >= 15 is 0 Å². The van der Waals surface area contributed by atoms with Gasteiger partial charge in [-0.3, -0.25) is 4.79 Å². The molecule has 1 amide bonds. The predicted molar refractivity (Wildman–Crippen MR) is 108 cm³/mol. The number of hydrogen-bond donors (Lipinski definition) is 1. The molecule has 0 aliphatic carbocycles. The number of amides is 1. The van der Waals surface area contributed by atoms with Crippen LogP contribution in [0.5, 0.6) is 11.5 Å². The molecule has 3 aromatic rings. The summed E-state index contributed by atoms with van der Waals surface area (Å²) in [7, 11) is 0. The average Bonchev–Trinajstić information content (AvgIpc) is 3.02. The molecule has 3 heterocycles. The van der Waals surface area contributed by atoms with Crippen molar-refractivity contribution in [2.75, 3.05) is 6.54 Å². The molecule has 0 bridgehead atoms. The monoisotopic (exact) mass is 392 g/mol. The van der Waals surface area contributed by atoms with E-state index in [4.69, 9.17) is 9.47 Å². The number of aryl methyl sites for hydroxylation is 1. The van der Waals surface area contributed by atoms with Crippen LogP contribution in [0.4, 0.5) is 0 Å². The van der Waals surface area contributed by atoms with Crippen molar-refractivity contribution in [3.05, 3.63) is 65.6 Å². The number of aromatic nitrogens is 3. The van der Waals surface area contributed by atoms with Gasteiger partial charge in [-0.2, -0.15) is 5.10 Å². The summed E-state index contributed by atoms with van der Waals surface area (Å²) in [6, 6.07) is 13.1. The molecule has 0 saturated heterocycles. The zero-order valence-electron chi connectivity index (χ0n) is 16.8. The minimum Gasteiger partial charge on any atom is -0.482 e. The minimum absolute atomic E-state index is 0.181. The van der Waals surface area contributed by atoms with Crippen molar-refractivity contribution < 1.29 is 14.3 Å². The number of carbonyl (C=O) groups is 1. The fourth-order valence-corrected chi connectivity index (χ4v) is 3.56. The van der Waals surface area contributed by atoms with Gasteiger partial charge in [0.1, 0.15) is 6.10 Å². The maximum absolute atomic E-state index is 12.7. The highest BCUT2D eigenvalue weighted by Crippen LogP contribution is 2.33. The normalized spacial score (nSPS) is 17.8. The van der Waals surface area contributed by atoms with Crippen LogP contribution < -0.4 is 14.8 Å². The van der Waals surface area contributed by atoms with Gasteiger partial charge in [0.05, 0.1) is 5.69 Å². The van der Waals surface area contributed by atoms with Crippen LogP contribution in [0.1, 0.15) is 23.9 Å². The molecular formula is C22H24N4O3. The van der Waals surface area contributed by atoms with Crippen molar-refractivity contribution in [3.63, 3.8) is 0 Å². The van der Waals surface area contributed by atoms with Crippen LogP contribution in [0.25, 0.3) is 5.82 Å². The summed E-state index contributed by atoms with van der Waals surface area (Å²) in [5.74, 6) is 1.86. The van der Waals surface area contributed by atoms with Crippen LogP contribution in [-0.2, 0) is 11.2 Å². The number of ether oxygens (including phenoxy) is 2. The van der Waals surface area contributed by atoms with Gasteiger partial charge in [0.15, 0.2) is 17.3 Å². The number of nitrogens with one attached hydrogen (secondary N) is 1. The highest BCUT2D eigenvalue weighted by atomic mass is 16.6. The lowest BCUT2D eigenvalue weighted by Crippen LogP contribution is -2.49. The number of nitrogens with zero attached hydrogens (tertiary/aromatic N) is 3. The maximum atomic E-state index is 12.7. The molecule has 2 aromatic heterocycles. The smallest absolute Gasteiger partial charge is 0.265 e. The Bertz CT molecular complexity index is 1020. The zero-order chi connectivity index (χ0) is 20.4. The van der Waals surface area contributed by atoms with Gasteiger partial charge in [-0.25, -0.2) is 9.67 Å². The molecule has 7 heteroatoms. The Morgan fingerprint density at radius 1 is 1.10 bits per heavy atom. The van der Waals surface area contributed by atoms with E-state index in [1.807, 2.05) is 61.9 Å². The highest BCUT2D eigenvalue weighted by Gasteiger charge is 2.33. The lowest BCUT2D eigenvalue weighted by Gasteiger charge is -2.31. The molecule has 150 valence electrons. The molecule has 29 heavy (non-hydrogen) atoms. The quantitative estimate of drug-likeness (QED) is 0.722. The van der Waals surface area contributed by atoms with Crippen LogP contribution in [0, 0.1) is 13.8 Å². The molecule has 1 N–H and O–H groups in total. The second-order valence-corrected chi connectivity index (χ2v) is 7.10. The van der Waals surface area contributed by atoms with E-state index in [1.165, 1.54) is 0 Å². The first-order valence-electron chi connectivity index (χ1n) is 9.71. The second kappa shape index (κ2) is 7.95. The summed E-state index contributed by atoms with van der Waals surface area (Å²) in [5, 5.41) is 7.57. The van der Waals surface area contributed by atoms with Gasteiger partial charge in [0.25, 0.3) is 5.91 Å². The maximum Gasteiger partial charge on any atom is 0.265 e. The molecule has 0 saturated carbocycles. The first kappa shape index (κ1) is 19.0. The van der Waals surface area contributed by atoms with Crippen LogP contribution in [0.2, 0.25) is 0 Å². The van der Waals surface area contributed by atoms with Crippen molar-refractivity contribution >= 4 is 5.91 Å². The summed E-state index contributed by atoms with van der Waals surface area (Å²) in [6.07, 6.45) is 1.38. The van der Waals surface area contributed by atoms with Crippen molar-refractivity contribution in [2.45, 2.75) is 39.4 Å². The Kier molecular flexibility index (Phi) is 5.20. The third-order valence-electron chi connectivity index (χ3n) is 5.08. The van der Waals surface area contributed by atoms with E-state index in [0.717, 1.165) is 22.8 Å². The van der Waals surface area contributed by atoms with Crippen LogP contribution >= 0.6 is 0 Å². The van der Waals surface area contributed by atoms with Gasteiger partial charge in [0.2, 0.25) is 6.10 Å². The molecule has 1 aromatic carbocycles. The van der Waals surface area contributed by atoms with E-state index in [0.29, 0.717) is 24.5 Å². The van der Waals surface area contributed by atoms with Crippen LogP contribution in [0.15, 0.2) is 48.7 Å². The lowest BCUT2D eigenvalue weighted by atomic mass is 10.1. The first-order valence-corrected chi connectivity index (χ1v) is 9.71. The summed E-state index contributed by atoms with van der Waals surface area (Å²) < 4.78 is 13.5. The molecule has 1 aliphatic rings. The third-order valence-corrected chi connectivity index (χ3v) is 5.08. The van der Waals surface area contributed by atoms with E-state index < -0.39 is 6.10 Å². The number of fused-ring (bicyclic) bond motifs is 1. The van der Waals surface area contributed by atoms with E-state index in [9.17, 15) is 4.79 Å². The summed E-state index contributed by atoms with van der Waals surface area (Å²) in [4.78, 5) is 17.0. The number of carbonyl (C=O) groups excluding carboxylic acids is 1. The number of pyridine rings is 1. The van der Waals surface area contributed by atoms with Gasteiger partial charge >= 0.3 is 0 Å². The Labute approximate surface area is 169 Å². The molecule has 7 nitrogen and oxygen atoms in total. The zero-order valence-corrected chi connectivity index (χ0v) is 16.8. The third kappa shape index (κ3) is 3.81. The summed E-state index contributed by atoms with van der Waals surface area (Å²) in [5.41, 5.74) is 3.06. The number of rotatable bonds is 5. The topological polar surface area (TPSA) is 78.3 Å². The molecule has 1 aliphatic heterocycles. The minimum atomic E-state index is -0.677. The Morgan fingerprint density at radius 3 is 2.55 bits per heavy atom. The second-order valence-electron chi connectivity index (χ2n) is 7.10. The molecule has 2 atom stereocenters. The van der Waals surface area contributed by atoms with Gasteiger partial charge in [-0.05, 0) is 57.0 Å². The molecule has 0 fully saturated rings. The Hall–Kier alpha value is -3.35. The van der Waals surface area contributed by atoms with Crippen LogP contribution in [0.3, 0.4) is 0 Å². The molecular weight excluding hydrogens is 368 g/mol. The van der Waals surface area contributed by atoms with Crippen molar-refractivity contribution in [2.24, 2.45) is 0 Å². The number of hydrogen-bond acceptors (Lipinski definition) is 5. The largest absolute Gasteiger partial charge is 0.482 e. The SMILES string of the molecule is Cc1nn(-c2ccccn2)c(C)c1CCNC(=O)C1Oc2ccccc2OC1C. The standard InChI is InChI=1S/C22H24N4O3/c1-14-17(15(2)26(25-14)20-10-6-7-12-23-20)11-13-24-22(27)21-16(3)28-18-8-4-5-9-19(18)29-21/h4-10,12,16,21H,11,13H2,1-3H3,(H,24,27). The molecule has 4 rings (SSSR count). The van der Waals surface area contributed by atoms with Crippen LogP contribution in [-0.4, -0.2) is 39.4 Å². The molecule has 2 unspecified atom stereocenters. The predicted octanol–water partition coefficient (Wildman–Crippen LogP) is 2.77. The Morgan fingerprint density at radius 2 is 1.83 bits per heavy atom. The number of benzene rings is 1. The fourth-order valence-electron chi connectivity index (χ4n) is 3.56. The van der Waals surface area contributed by atoms with E-state index in [2.05, 4.69) is 15.4 Å². The van der Waals surface area contributed by atoms with Gasteiger partial charge < -0.3 is 14.8 Å². The summed E-state index contributed by atoms with van der Waals surface area (Å²) >= 11 is 0. The highest BCUT2D eigenvalue weighted by molar-refractivity contribution is 5.82. The first-order chi connectivity index (χ1) is 14.0.